The summed E-state index contributed by atoms with van der Waals surface area (Å²) in [7, 11) is 0. The first kappa shape index (κ1) is 7.54. The molecule has 1 aromatic heterocycles. The minimum Gasteiger partial charge on any atom is -0.397 e. The van der Waals surface area contributed by atoms with Crippen molar-refractivity contribution in [2.75, 3.05) is 5.73 Å². The van der Waals surface area contributed by atoms with Gasteiger partial charge in [0.05, 0.1) is 10.2 Å². The molecular formula is C7H9BrN2. The normalized spacial score (nSPS) is 9.90. The molecule has 2 N–H and O–H groups in total. The van der Waals surface area contributed by atoms with Crippen molar-refractivity contribution < 1.29 is 0 Å². The van der Waals surface area contributed by atoms with Gasteiger partial charge in [-0.15, -0.1) is 0 Å². The van der Waals surface area contributed by atoms with Crippen molar-refractivity contribution in [2.45, 2.75) is 13.8 Å². The molecule has 2 nitrogen and oxygen atoms in total. The monoisotopic (exact) mass is 200 g/mol. The van der Waals surface area contributed by atoms with Gasteiger partial charge in [-0.1, -0.05) is 0 Å². The molecule has 0 saturated heterocycles. The molecular weight excluding hydrogens is 192 g/mol. The van der Waals surface area contributed by atoms with E-state index >= 15 is 0 Å². The highest BCUT2D eigenvalue weighted by Crippen LogP contribution is 2.22. The zero-order valence-electron chi connectivity index (χ0n) is 5.98. The van der Waals surface area contributed by atoms with E-state index in [1.165, 1.54) is 0 Å². The van der Waals surface area contributed by atoms with Gasteiger partial charge in [0, 0.05) is 11.9 Å². The number of rotatable bonds is 0. The van der Waals surface area contributed by atoms with Crippen LogP contribution < -0.4 is 5.73 Å². The number of aromatic nitrogens is 1. The summed E-state index contributed by atoms with van der Waals surface area (Å²) in [5.41, 5.74) is 8.52. The van der Waals surface area contributed by atoms with E-state index in [2.05, 4.69) is 20.9 Å². The summed E-state index contributed by atoms with van der Waals surface area (Å²) < 4.78 is 0.871. The maximum Gasteiger partial charge on any atom is 0.0591 e. The van der Waals surface area contributed by atoms with E-state index < -0.39 is 0 Å². The second kappa shape index (κ2) is 2.58. The molecule has 0 atom stereocenters. The van der Waals surface area contributed by atoms with Crippen LogP contribution in [-0.2, 0) is 0 Å². The molecule has 0 aliphatic carbocycles. The van der Waals surface area contributed by atoms with Gasteiger partial charge in [0.15, 0.2) is 0 Å². The summed E-state index contributed by atoms with van der Waals surface area (Å²) in [5.74, 6) is 0. The third-order valence-electron chi connectivity index (χ3n) is 1.58. The lowest BCUT2D eigenvalue weighted by Gasteiger charge is -2.03. The molecule has 1 aromatic rings. The van der Waals surface area contributed by atoms with E-state index in [1.807, 2.05) is 13.8 Å². The number of halogens is 1. The molecule has 0 aliphatic heterocycles. The fourth-order valence-electron chi connectivity index (χ4n) is 0.694. The first-order chi connectivity index (χ1) is 4.63. The van der Waals surface area contributed by atoms with Crippen molar-refractivity contribution in [2.24, 2.45) is 0 Å². The molecule has 0 saturated carbocycles. The second-order valence-electron chi connectivity index (χ2n) is 2.23. The van der Waals surface area contributed by atoms with Crippen LogP contribution in [0.4, 0.5) is 5.69 Å². The Morgan fingerprint density at radius 3 is 2.60 bits per heavy atom. The summed E-state index contributed by atoms with van der Waals surface area (Å²) in [6.45, 7) is 3.90. The molecule has 0 aliphatic rings. The van der Waals surface area contributed by atoms with Gasteiger partial charge in [-0.2, -0.15) is 0 Å². The number of aryl methyl sites for hydroxylation is 1. The van der Waals surface area contributed by atoms with Crippen LogP contribution in [-0.4, -0.2) is 4.98 Å². The summed E-state index contributed by atoms with van der Waals surface area (Å²) >= 11 is 3.29. The predicted octanol–water partition coefficient (Wildman–Crippen LogP) is 2.04. The van der Waals surface area contributed by atoms with E-state index in [-0.39, 0.29) is 0 Å². The third kappa shape index (κ3) is 1.14. The lowest BCUT2D eigenvalue weighted by molar-refractivity contribution is 1.14. The fraction of sp³-hybridized carbons (Fsp3) is 0.286. The molecule has 0 unspecified atom stereocenters. The molecule has 1 heterocycles. The van der Waals surface area contributed by atoms with Crippen molar-refractivity contribution in [3.63, 3.8) is 0 Å². The average molecular weight is 201 g/mol. The van der Waals surface area contributed by atoms with Gasteiger partial charge in [-0.3, -0.25) is 4.98 Å². The topological polar surface area (TPSA) is 38.9 Å². The quantitative estimate of drug-likeness (QED) is 0.697. The Morgan fingerprint density at radius 1 is 1.50 bits per heavy atom. The van der Waals surface area contributed by atoms with Gasteiger partial charge in [-0.05, 0) is 35.3 Å². The van der Waals surface area contributed by atoms with Crippen LogP contribution in [0.25, 0.3) is 0 Å². The molecule has 0 spiro atoms. The minimum atomic E-state index is 0.785. The van der Waals surface area contributed by atoms with Crippen LogP contribution in [0.15, 0.2) is 10.7 Å². The smallest absolute Gasteiger partial charge is 0.0591 e. The molecule has 3 heteroatoms. The number of hydrogen-bond donors (Lipinski definition) is 1. The van der Waals surface area contributed by atoms with Gasteiger partial charge in [0.2, 0.25) is 0 Å². The molecule has 0 radical (unpaired) electrons. The van der Waals surface area contributed by atoms with Crippen molar-refractivity contribution >= 4 is 21.6 Å². The van der Waals surface area contributed by atoms with Crippen LogP contribution in [0.5, 0.6) is 0 Å². The van der Waals surface area contributed by atoms with Gasteiger partial charge in [0.1, 0.15) is 0 Å². The SMILES string of the molecule is Cc1ncc(Br)c(N)c1C. The number of nitrogens with two attached hydrogens (primary N) is 1. The minimum absolute atomic E-state index is 0.785. The highest BCUT2D eigenvalue weighted by atomic mass is 79.9. The van der Waals surface area contributed by atoms with Gasteiger partial charge in [-0.25, -0.2) is 0 Å². The Balaban J connectivity index is 3.34. The Kier molecular flexibility index (Phi) is 1.94. The summed E-state index contributed by atoms with van der Waals surface area (Å²) in [6.07, 6.45) is 1.72. The van der Waals surface area contributed by atoms with Gasteiger partial charge in [0.25, 0.3) is 0 Å². The second-order valence-corrected chi connectivity index (χ2v) is 3.08. The molecule has 1 rings (SSSR count). The Bertz CT molecular complexity index is 231. The van der Waals surface area contributed by atoms with E-state index in [1.54, 1.807) is 6.20 Å². The largest absolute Gasteiger partial charge is 0.397 e. The highest BCUT2D eigenvalue weighted by Gasteiger charge is 2.01. The molecule has 10 heavy (non-hydrogen) atoms. The Morgan fingerprint density at radius 2 is 2.10 bits per heavy atom. The van der Waals surface area contributed by atoms with Crippen molar-refractivity contribution in [1.82, 2.24) is 4.98 Å². The maximum atomic E-state index is 5.70. The molecule has 0 amide bonds. The predicted molar refractivity (Wildman–Crippen MR) is 45.8 cm³/mol. The van der Waals surface area contributed by atoms with Crippen molar-refractivity contribution in [1.29, 1.82) is 0 Å². The maximum absolute atomic E-state index is 5.70. The lowest BCUT2D eigenvalue weighted by Crippen LogP contribution is -1.95. The zero-order valence-corrected chi connectivity index (χ0v) is 7.57. The summed E-state index contributed by atoms with van der Waals surface area (Å²) in [4.78, 5) is 4.11. The van der Waals surface area contributed by atoms with Crippen molar-refractivity contribution in [3.05, 3.63) is 21.9 Å². The van der Waals surface area contributed by atoms with Crippen LogP contribution in [0.2, 0.25) is 0 Å². The van der Waals surface area contributed by atoms with E-state index in [4.69, 9.17) is 5.73 Å². The summed E-state index contributed by atoms with van der Waals surface area (Å²) in [6, 6.07) is 0. The Labute approximate surface area is 68.6 Å². The van der Waals surface area contributed by atoms with Crippen LogP contribution >= 0.6 is 15.9 Å². The number of nitrogen functional groups attached to an aromatic ring is 1. The van der Waals surface area contributed by atoms with Crippen molar-refractivity contribution in [3.8, 4) is 0 Å². The van der Waals surface area contributed by atoms with E-state index in [0.717, 1.165) is 21.4 Å². The third-order valence-corrected chi connectivity index (χ3v) is 2.21. The van der Waals surface area contributed by atoms with Gasteiger partial charge < -0.3 is 5.73 Å². The number of nitrogens with zero attached hydrogens (tertiary/aromatic N) is 1. The standard InChI is InChI=1S/C7H9BrN2/c1-4-5(2)10-3-6(8)7(4)9/h3H,1-2H3,(H2,9,10). The van der Waals surface area contributed by atoms with E-state index in [9.17, 15) is 0 Å². The summed E-state index contributed by atoms with van der Waals surface area (Å²) in [5, 5.41) is 0. The molecule has 0 bridgehead atoms. The van der Waals surface area contributed by atoms with Gasteiger partial charge >= 0.3 is 0 Å². The number of anilines is 1. The number of pyridine rings is 1. The highest BCUT2D eigenvalue weighted by molar-refractivity contribution is 9.10. The Hall–Kier alpha value is -0.570. The fourth-order valence-corrected chi connectivity index (χ4v) is 1.09. The average Bonchev–Trinajstić information content (AvgIpc) is 1.93. The molecule has 54 valence electrons. The van der Waals surface area contributed by atoms with E-state index in [0.29, 0.717) is 0 Å². The van der Waals surface area contributed by atoms with Crippen LogP contribution in [0.1, 0.15) is 11.3 Å². The first-order valence-electron chi connectivity index (χ1n) is 3.00. The lowest BCUT2D eigenvalue weighted by atomic mass is 10.2. The van der Waals surface area contributed by atoms with Crippen LogP contribution in [0, 0.1) is 13.8 Å². The van der Waals surface area contributed by atoms with Crippen LogP contribution in [0.3, 0.4) is 0 Å². The first-order valence-corrected chi connectivity index (χ1v) is 3.79. The molecule has 0 aromatic carbocycles. The number of hydrogen-bond acceptors (Lipinski definition) is 2. The molecule has 0 fully saturated rings. The zero-order chi connectivity index (χ0) is 7.72.